The van der Waals surface area contributed by atoms with Gasteiger partial charge in [-0.25, -0.2) is 9.59 Å². The lowest BCUT2D eigenvalue weighted by Crippen LogP contribution is -2.71. The number of hydrogen-bond acceptors (Lipinski definition) is 14. The molecule has 2 rings (SSSR count). The molecule has 10 atom stereocenters. The molecule has 0 saturated carbocycles. The van der Waals surface area contributed by atoms with Crippen molar-refractivity contribution in [2.24, 2.45) is 0 Å². The highest BCUT2D eigenvalue weighted by atomic mass is 16.7. The average Bonchev–Trinajstić information content (AvgIpc) is 2.82. The predicted octanol–water partition coefficient (Wildman–Crippen LogP) is -2.56. The van der Waals surface area contributed by atoms with E-state index in [1.807, 2.05) is 0 Å². The zero-order valence-electron chi connectivity index (χ0n) is 22.9. The van der Waals surface area contributed by atoms with Crippen LogP contribution in [0.25, 0.3) is 0 Å². The van der Waals surface area contributed by atoms with Gasteiger partial charge in [-0.15, -0.1) is 0 Å². The molecule has 0 aromatic heterocycles. The molecule has 2 aliphatic rings. The molecular formula is C23H32N2O16. The van der Waals surface area contributed by atoms with Crippen molar-refractivity contribution in [2.45, 2.75) is 95.9 Å². The number of amides is 2. The Morgan fingerprint density at radius 1 is 0.585 bits per heavy atom. The fraction of sp³-hybridized carbons (Fsp3) is 0.696. The van der Waals surface area contributed by atoms with Gasteiger partial charge in [0.05, 0.1) is 0 Å². The number of ether oxygens (including phenoxy) is 7. The summed E-state index contributed by atoms with van der Waals surface area (Å²) in [6.45, 7) is 5.07. The average molecular weight is 593 g/mol. The smallest absolute Gasteiger partial charge is 0.337 e. The van der Waals surface area contributed by atoms with Crippen LogP contribution in [0.1, 0.15) is 34.6 Å². The maximum absolute atomic E-state index is 12.2. The minimum absolute atomic E-state index is 0.652. The van der Waals surface area contributed by atoms with Crippen LogP contribution in [0.15, 0.2) is 0 Å². The summed E-state index contributed by atoms with van der Waals surface area (Å²) in [5.74, 6) is -7.64. The third kappa shape index (κ3) is 8.56. The summed E-state index contributed by atoms with van der Waals surface area (Å²) in [6.07, 6.45) is -14.4. The van der Waals surface area contributed by atoms with Crippen molar-refractivity contribution in [3.63, 3.8) is 0 Å². The molecule has 18 heteroatoms. The molecule has 2 saturated heterocycles. The number of carboxylic acid groups (broad SMARTS) is 2. The molecule has 0 aromatic rings. The molecule has 41 heavy (non-hydrogen) atoms. The van der Waals surface area contributed by atoms with Crippen molar-refractivity contribution >= 4 is 41.7 Å². The Morgan fingerprint density at radius 2 is 0.951 bits per heavy atom. The van der Waals surface area contributed by atoms with Crippen molar-refractivity contribution in [3.8, 4) is 0 Å². The fourth-order valence-electron chi connectivity index (χ4n) is 4.45. The van der Waals surface area contributed by atoms with Crippen LogP contribution in [-0.4, -0.2) is 120 Å². The molecular weight excluding hydrogens is 560 g/mol. The first kappa shape index (κ1) is 33.3. The van der Waals surface area contributed by atoms with Gasteiger partial charge >= 0.3 is 29.8 Å². The summed E-state index contributed by atoms with van der Waals surface area (Å²) in [6, 6.07) is -2.96. The Hall–Kier alpha value is -3.87. The number of hydrogen-bond donors (Lipinski definition) is 4. The molecule has 0 bridgehead atoms. The first-order chi connectivity index (χ1) is 19.1. The van der Waals surface area contributed by atoms with Gasteiger partial charge in [-0.05, 0) is 0 Å². The van der Waals surface area contributed by atoms with E-state index < -0.39 is 103 Å². The zero-order valence-corrected chi connectivity index (χ0v) is 22.9. The second-order valence-corrected chi connectivity index (χ2v) is 9.04. The van der Waals surface area contributed by atoms with E-state index in [1.165, 1.54) is 0 Å². The van der Waals surface area contributed by atoms with E-state index in [1.54, 1.807) is 0 Å². The first-order valence-electron chi connectivity index (χ1n) is 12.1. The van der Waals surface area contributed by atoms with Crippen molar-refractivity contribution in [1.29, 1.82) is 0 Å². The Balaban J connectivity index is 2.67. The molecule has 2 amide bonds. The lowest BCUT2D eigenvalue weighted by Gasteiger charge is -2.48. The van der Waals surface area contributed by atoms with Gasteiger partial charge in [-0.2, -0.15) is 0 Å². The molecule has 0 aromatic carbocycles. The van der Waals surface area contributed by atoms with Crippen LogP contribution in [0, 0.1) is 0 Å². The molecule has 2 fully saturated rings. The Bertz CT molecular complexity index is 1050. The normalized spacial score (nSPS) is 33.0. The van der Waals surface area contributed by atoms with Gasteiger partial charge in [0.1, 0.15) is 18.2 Å². The number of nitrogens with one attached hydrogen (secondary N) is 2. The van der Waals surface area contributed by atoms with E-state index >= 15 is 0 Å². The maximum atomic E-state index is 12.2. The monoisotopic (exact) mass is 592 g/mol. The van der Waals surface area contributed by atoms with Crippen LogP contribution in [0.4, 0.5) is 0 Å². The number of carbonyl (C=O) groups excluding carboxylic acids is 5. The quantitative estimate of drug-likeness (QED) is 0.150. The van der Waals surface area contributed by atoms with Gasteiger partial charge in [0, 0.05) is 41.7 Å². The Morgan fingerprint density at radius 3 is 1.34 bits per heavy atom. The van der Waals surface area contributed by atoms with Crippen molar-refractivity contribution in [3.05, 3.63) is 0 Å². The van der Waals surface area contributed by atoms with Crippen molar-refractivity contribution < 1.29 is 76.9 Å². The standard InChI is InChI=1S/C23H32N2O16/c1-7(26)24-12-14(36-9(3)28)17(19(21(33)34)40-22(12)35-6)39-23-13(25-8(2)27)15(37-10(4)29)16(38-11(5)30)18(41-23)20(31)32/h12-19,22-23H,1-6H3,(H,24,26)(H,25,27)(H,31,32)(H,33,34)/t12-,13-,14-,15-,16-,17-,18+,19+,22+,23+/m1/s1. The number of esters is 3. The molecule has 18 nitrogen and oxygen atoms in total. The van der Waals surface area contributed by atoms with Crippen molar-refractivity contribution in [2.75, 3.05) is 7.11 Å². The first-order valence-corrected chi connectivity index (χ1v) is 12.1. The molecule has 0 aliphatic carbocycles. The van der Waals surface area contributed by atoms with Crippen LogP contribution in [0.3, 0.4) is 0 Å². The summed E-state index contributed by atoms with van der Waals surface area (Å²) in [7, 11) is 1.14. The SMILES string of the molecule is CO[C@H]1O[C@H](C(=O)O)[C@H](O[C@H]2O[C@H](C(=O)O)[C@H](OC(C)=O)[C@H](OC(C)=O)[C@H]2NC(C)=O)[C@H](OC(C)=O)[C@H]1NC(C)=O. The van der Waals surface area contributed by atoms with Crippen LogP contribution in [-0.2, 0) is 66.7 Å². The van der Waals surface area contributed by atoms with Crippen LogP contribution in [0.5, 0.6) is 0 Å². The van der Waals surface area contributed by atoms with Gasteiger partial charge in [-0.1, -0.05) is 0 Å². The molecule has 0 spiro atoms. The van der Waals surface area contributed by atoms with Gasteiger partial charge in [-0.3, -0.25) is 24.0 Å². The summed E-state index contributed by atoms with van der Waals surface area (Å²) >= 11 is 0. The Kier molecular flexibility index (Phi) is 11.5. The Labute approximate surface area is 232 Å². The van der Waals surface area contributed by atoms with E-state index in [0.29, 0.717) is 0 Å². The third-order valence-electron chi connectivity index (χ3n) is 5.76. The van der Waals surface area contributed by atoms with Gasteiger partial charge in [0.25, 0.3) is 0 Å². The summed E-state index contributed by atoms with van der Waals surface area (Å²) in [5.41, 5.74) is 0. The maximum Gasteiger partial charge on any atom is 0.337 e. The van der Waals surface area contributed by atoms with Crippen LogP contribution >= 0.6 is 0 Å². The number of aliphatic carboxylic acids is 2. The molecule has 2 aliphatic heterocycles. The van der Waals surface area contributed by atoms with E-state index in [-0.39, 0.29) is 0 Å². The summed E-state index contributed by atoms with van der Waals surface area (Å²) in [4.78, 5) is 84.2. The second-order valence-electron chi connectivity index (χ2n) is 9.04. The van der Waals surface area contributed by atoms with E-state index in [2.05, 4.69) is 10.6 Å². The largest absolute Gasteiger partial charge is 0.479 e. The highest BCUT2D eigenvalue weighted by Gasteiger charge is 2.58. The second kappa shape index (κ2) is 14.2. The predicted molar refractivity (Wildman–Crippen MR) is 126 cm³/mol. The molecule has 0 unspecified atom stereocenters. The minimum atomic E-state index is -2.06. The summed E-state index contributed by atoms with van der Waals surface area (Å²) < 4.78 is 37.6. The van der Waals surface area contributed by atoms with Gasteiger partial charge < -0.3 is 54.0 Å². The van der Waals surface area contributed by atoms with Gasteiger partial charge in [0.2, 0.25) is 11.8 Å². The number of carbonyl (C=O) groups is 7. The van der Waals surface area contributed by atoms with E-state index in [4.69, 9.17) is 33.2 Å². The van der Waals surface area contributed by atoms with E-state index in [0.717, 1.165) is 41.7 Å². The molecule has 2 heterocycles. The van der Waals surface area contributed by atoms with Crippen LogP contribution < -0.4 is 10.6 Å². The lowest BCUT2D eigenvalue weighted by atomic mass is 9.93. The van der Waals surface area contributed by atoms with Crippen LogP contribution in [0.2, 0.25) is 0 Å². The number of rotatable bonds is 10. The number of methoxy groups -OCH3 is 1. The summed E-state index contributed by atoms with van der Waals surface area (Å²) in [5, 5.41) is 24.5. The lowest BCUT2D eigenvalue weighted by molar-refractivity contribution is -0.322. The molecule has 230 valence electrons. The molecule has 0 radical (unpaired) electrons. The van der Waals surface area contributed by atoms with Gasteiger partial charge in [0.15, 0.2) is 43.1 Å². The third-order valence-corrected chi connectivity index (χ3v) is 5.76. The number of carboxylic acids is 2. The van der Waals surface area contributed by atoms with E-state index in [9.17, 15) is 43.8 Å². The zero-order chi connectivity index (χ0) is 31.2. The molecule has 4 N–H and O–H groups in total. The highest BCUT2D eigenvalue weighted by molar-refractivity contribution is 5.77. The minimum Gasteiger partial charge on any atom is -0.479 e. The van der Waals surface area contributed by atoms with Crippen molar-refractivity contribution in [1.82, 2.24) is 10.6 Å². The topological polar surface area (TPSA) is 249 Å². The fourth-order valence-corrected chi connectivity index (χ4v) is 4.45. The highest BCUT2D eigenvalue weighted by Crippen LogP contribution is 2.33.